The second kappa shape index (κ2) is 6.16. The lowest BCUT2D eigenvalue weighted by molar-refractivity contribution is 0.315. The van der Waals surface area contributed by atoms with E-state index in [9.17, 15) is 0 Å². The summed E-state index contributed by atoms with van der Waals surface area (Å²) in [5.41, 5.74) is 5.46. The fourth-order valence-corrected chi connectivity index (χ4v) is 2.77. The number of hydrogen-bond donors (Lipinski definition) is 1. The topological polar surface area (TPSA) is 28.2 Å². The first kappa shape index (κ1) is 13.3. The molecule has 2 aromatic rings. The number of hydrogen-bond acceptors (Lipinski definition) is 3. The normalized spacial score (nSPS) is 14.3. The number of rotatable bonds is 4. The highest BCUT2D eigenvalue weighted by atomic mass is 15.1. The SMILES string of the molecule is CN(Cc1ccc2c(c1)CNCC2)Cc1ccccn1. The number of benzene rings is 1. The van der Waals surface area contributed by atoms with Gasteiger partial charge < -0.3 is 5.32 Å². The van der Waals surface area contributed by atoms with Crippen LogP contribution in [-0.2, 0) is 26.1 Å². The first-order valence-electron chi connectivity index (χ1n) is 7.21. The molecule has 0 fully saturated rings. The third-order valence-electron chi connectivity index (χ3n) is 3.77. The van der Waals surface area contributed by atoms with Gasteiger partial charge in [-0.05, 0) is 48.8 Å². The maximum atomic E-state index is 4.38. The molecule has 0 saturated heterocycles. The fourth-order valence-electron chi connectivity index (χ4n) is 2.77. The van der Waals surface area contributed by atoms with Crippen molar-refractivity contribution in [3.05, 3.63) is 65.0 Å². The number of nitrogens with one attached hydrogen (secondary N) is 1. The quantitative estimate of drug-likeness (QED) is 0.921. The zero-order valence-electron chi connectivity index (χ0n) is 12.0. The molecule has 1 aromatic heterocycles. The lowest BCUT2D eigenvalue weighted by Gasteiger charge is -2.20. The van der Waals surface area contributed by atoms with Crippen molar-refractivity contribution in [2.45, 2.75) is 26.1 Å². The molecular formula is C17H21N3. The molecule has 0 bridgehead atoms. The summed E-state index contributed by atoms with van der Waals surface area (Å²) in [7, 11) is 2.15. The van der Waals surface area contributed by atoms with Gasteiger partial charge in [0.05, 0.1) is 5.69 Å². The maximum Gasteiger partial charge on any atom is 0.0543 e. The van der Waals surface area contributed by atoms with Gasteiger partial charge in [0.15, 0.2) is 0 Å². The van der Waals surface area contributed by atoms with E-state index in [1.54, 1.807) is 0 Å². The van der Waals surface area contributed by atoms with Crippen molar-refractivity contribution >= 4 is 0 Å². The summed E-state index contributed by atoms with van der Waals surface area (Å²) < 4.78 is 0. The van der Waals surface area contributed by atoms with Crippen LogP contribution in [0.15, 0.2) is 42.6 Å². The minimum atomic E-state index is 0.885. The van der Waals surface area contributed by atoms with Crippen molar-refractivity contribution in [1.82, 2.24) is 15.2 Å². The molecule has 0 amide bonds. The molecule has 104 valence electrons. The van der Waals surface area contributed by atoms with E-state index in [1.807, 2.05) is 18.3 Å². The first-order valence-corrected chi connectivity index (χ1v) is 7.21. The van der Waals surface area contributed by atoms with Crippen LogP contribution in [0.2, 0.25) is 0 Å². The van der Waals surface area contributed by atoms with E-state index in [2.05, 4.69) is 46.5 Å². The molecule has 0 unspecified atom stereocenters. The Morgan fingerprint density at radius 2 is 2.10 bits per heavy atom. The first-order chi connectivity index (χ1) is 9.81. The molecule has 3 rings (SSSR count). The highest BCUT2D eigenvalue weighted by Crippen LogP contribution is 2.17. The van der Waals surface area contributed by atoms with Crippen LogP contribution in [0, 0.1) is 0 Å². The standard InChI is InChI=1S/C17H21N3/c1-20(13-17-4-2-3-8-19-17)12-14-5-6-15-7-9-18-11-16(15)10-14/h2-6,8,10,18H,7,9,11-13H2,1H3. The second-order valence-corrected chi connectivity index (χ2v) is 5.52. The van der Waals surface area contributed by atoms with Crippen LogP contribution < -0.4 is 5.32 Å². The third-order valence-corrected chi connectivity index (χ3v) is 3.77. The largest absolute Gasteiger partial charge is 0.312 e. The molecule has 1 aliphatic heterocycles. The van der Waals surface area contributed by atoms with Gasteiger partial charge in [0.2, 0.25) is 0 Å². The highest BCUT2D eigenvalue weighted by Gasteiger charge is 2.10. The minimum absolute atomic E-state index is 0.885. The lowest BCUT2D eigenvalue weighted by Crippen LogP contribution is -2.24. The molecule has 1 aromatic carbocycles. The van der Waals surface area contributed by atoms with Gasteiger partial charge in [0.25, 0.3) is 0 Å². The highest BCUT2D eigenvalue weighted by molar-refractivity contribution is 5.33. The summed E-state index contributed by atoms with van der Waals surface area (Å²) in [6.07, 6.45) is 3.01. The Hall–Kier alpha value is -1.71. The van der Waals surface area contributed by atoms with Crippen LogP contribution >= 0.6 is 0 Å². The summed E-state index contributed by atoms with van der Waals surface area (Å²) in [4.78, 5) is 6.68. The van der Waals surface area contributed by atoms with E-state index in [0.29, 0.717) is 0 Å². The van der Waals surface area contributed by atoms with Gasteiger partial charge in [-0.15, -0.1) is 0 Å². The Bertz CT molecular complexity index is 566. The van der Waals surface area contributed by atoms with Gasteiger partial charge in [0, 0.05) is 25.8 Å². The zero-order chi connectivity index (χ0) is 13.8. The van der Waals surface area contributed by atoms with Gasteiger partial charge in [0.1, 0.15) is 0 Å². The number of pyridine rings is 1. The predicted octanol–water partition coefficient (Wildman–Crippen LogP) is 2.36. The molecule has 0 atom stereocenters. The van der Waals surface area contributed by atoms with Gasteiger partial charge in [-0.25, -0.2) is 0 Å². The summed E-state index contributed by atoms with van der Waals surface area (Å²) in [6, 6.07) is 13.0. The van der Waals surface area contributed by atoms with Gasteiger partial charge >= 0.3 is 0 Å². The smallest absolute Gasteiger partial charge is 0.0543 e. The zero-order valence-corrected chi connectivity index (χ0v) is 12.0. The molecule has 0 saturated carbocycles. The number of nitrogens with zero attached hydrogens (tertiary/aromatic N) is 2. The lowest BCUT2D eigenvalue weighted by atomic mass is 9.98. The van der Waals surface area contributed by atoms with Crippen molar-refractivity contribution in [3.8, 4) is 0 Å². The summed E-state index contributed by atoms with van der Waals surface area (Å²) in [5, 5.41) is 3.44. The average molecular weight is 267 g/mol. The van der Waals surface area contributed by atoms with Crippen LogP contribution in [-0.4, -0.2) is 23.5 Å². The van der Waals surface area contributed by atoms with Crippen LogP contribution in [0.4, 0.5) is 0 Å². The van der Waals surface area contributed by atoms with Crippen LogP contribution in [0.25, 0.3) is 0 Å². The average Bonchev–Trinajstić information content (AvgIpc) is 2.48. The molecular weight excluding hydrogens is 246 g/mol. The molecule has 0 radical (unpaired) electrons. The van der Waals surface area contributed by atoms with Gasteiger partial charge in [-0.1, -0.05) is 24.3 Å². The summed E-state index contributed by atoms with van der Waals surface area (Å²) in [5.74, 6) is 0. The molecule has 0 aliphatic carbocycles. The van der Waals surface area contributed by atoms with Crippen molar-refractivity contribution in [2.75, 3.05) is 13.6 Å². The summed E-state index contributed by atoms with van der Waals surface area (Å²) in [6.45, 7) is 3.96. The van der Waals surface area contributed by atoms with E-state index in [4.69, 9.17) is 0 Å². The van der Waals surface area contributed by atoms with E-state index in [0.717, 1.165) is 38.3 Å². The number of fused-ring (bicyclic) bond motifs is 1. The van der Waals surface area contributed by atoms with E-state index in [-0.39, 0.29) is 0 Å². The van der Waals surface area contributed by atoms with Gasteiger partial charge in [-0.3, -0.25) is 9.88 Å². The molecule has 0 spiro atoms. The molecule has 2 heterocycles. The van der Waals surface area contributed by atoms with Crippen molar-refractivity contribution < 1.29 is 0 Å². The predicted molar refractivity (Wildman–Crippen MR) is 81.3 cm³/mol. The molecule has 3 heteroatoms. The Kier molecular flexibility index (Phi) is 4.09. The Morgan fingerprint density at radius 3 is 2.95 bits per heavy atom. The molecule has 1 aliphatic rings. The van der Waals surface area contributed by atoms with E-state index in [1.165, 1.54) is 16.7 Å². The van der Waals surface area contributed by atoms with Crippen LogP contribution in [0.3, 0.4) is 0 Å². The monoisotopic (exact) mass is 267 g/mol. The summed E-state index contributed by atoms with van der Waals surface area (Å²) >= 11 is 0. The van der Waals surface area contributed by atoms with Crippen LogP contribution in [0.1, 0.15) is 22.4 Å². The Morgan fingerprint density at radius 1 is 1.15 bits per heavy atom. The molecule has 1 N–H and O–H groups in total. The minimum Gasteiger partial charge on any atom is -0.312 e. The maximum absolute atomic E-state index is 4.38. The fraction of sp³-hybridized carbons (Fsp3) is 0.353. The molecule has 20 heavy (non-hydrogen) atoms. The van der Waals surface area contributed by atoms with Crippen LogP contribution in [0.5, 0.6) is 0 Å². The van der Waals surface area contributed by atoms with E-state index >= 15 is 0 Å². The van der Waals surface area contributed by atoms with E-state index < -0.39 is 0 Å². The Balaban J connectivity index is 1.65. The van der Waals surface area contributed by atoms with Crippen molar-refractivity contribution in [3.63, 3.8) is 0 Å². The van der Waals surface area contributed by atoms with Crippen molar-refractivity contribution in [1.29, 1.82) is 0 Å². The second-order valence-electron chi connectivity index (χ2n) is 5.52. The van der Waals surface area contributed by atoms with Crippen molar-refractivity contribution in [2.24, 2.45) is 0 Å². The third kappa shape index (κ3) is 3.24. The Labute approximate surface area is 120 Å². The molecule has 3 nitrogen and oxygen atoms in total. The van der Waals surface area contributed by atoms with Gasteiger partial charge in [-0.2, -0.15) is 0 Å². The number of aromatic nitrogens is 1.